The van der Waals surface area contributed by atoms with E-state index in [4.69, 9.17) is 10.5 Å². The van der Waals surface area contributed by atoms with Gasteiger partial charge in [-0.3, -0.25) is 4.79 Å². The molecule has 1 aromatic carbocycles. The van der Waals surface area contributed by atoms with Gasteiger partial charge in [0.25, 0.3) is 5.91 Å². The van der Waals surface area contributed by atoms with Crippen LogP contribution in [0.3, 0.4) is 0 Å². The monoisotopic (exact) mass is 237 g/mol. The number of amides is 1. The van der Waals surface area contributed by atoms with E-state index >= 15 is 0 Å². The summed E-state index contributed by atoms with van der Waals surface area (Å²) in [4.78, 5) is 11.1. The number of ether oxygens (including phenoxy) is 1. The normalized spacial score (nSPS) is 14.1. The predicted octanol–water partition coefficient (Wildman–Crippen LogP) is 1.69. The first-order chi connectivity index (χ1) is 7.95. The van der Waals surface area contributed by atoms with Crippen molar-refractivity contribution in [3.63, 3.8) is 0 Å². The molecule has 1 aromatic rings. The summed E-state index contributed by atoms with van der Waals surface area (Å²) in [5.41, 5.74) is 6.90. The van der Waals surface area contributed by atoms with Crippen LogP contribution in [-0.2, 0) is 4.79 Å². The zero-order valence-corrected chi connectivity index (χ0v) is 10.4. The average Bonchev–Trinajstić information content (AvgIpc) is 2.25. The first-order valence-electron chi connectivity index (χ1n) is 5.70. The number of aliphatic hydroxyl groups excluding tert-OH is 1. The number of carbonyl (C=O) groups is 1. The van der Waals surface area contributed by atoms with Crippen molar-refractivity contribution < 1.29 is 14.6 Å². The first-order valence-corrected chi connectivity index (χ1v) is 5.70. The van der Waals surface area contributed by atoms with Crippen LogP contribution in [0.1, 0.15) is 37.5 Å². The van der Waals surface area contributed by atoms with Crippen LogP contribution in [0.2, 0.25) is 0 Å². The van der Waals surface area contributed by atoms with Crippen LogP contribution >= 0.6 is 0 Å². The van der Waals surface area contributed by atoms with Gasteiger partial charge >= 0.3 is 0 Å². The predicted molar refractivity (Wildman–Crippen MR) is 65.7 cm³/mol. The second kappa shape index (κ2) is 5.68. The summed E-state index contributed by atoms with van der Waals surface area (Å²) in [6, 6.07) is 5.48. The molecule has 0 bridgehead atoms. The Kier molecular flexibility index (Phi) is 4.52. The van der Waals surface area contributed by atoms with Gasteiger partial charge in [0.2, 0.25) is 0 Å². The van der Waals surface area contributed by atoms with Crippen molar-refractivity contribution in [2.45, 2.75) is 39.4 Å². The minimum atomic E-state index is -0.658. The summed E-state index contributed by atoms with van der Waals surface area (Å²) in [6.07, 6.45) is -0.798. The highest BCUT2D eigenvalue weighted by Crippen LogP contribution is 2.27. The summed E-state index contributed by atoms with van der Waals surface area (Å²) in [6.45, 7) is 5.40. The molecule has 0 aliphatic rings. The largest absolute Gasteiger partial charge is 0.480 e. The fraction of sp³-hybridized carbons (Fsp3) is 0.462. The Morgan fingerprint density at radius 2 is 2.18 bits per heavy atom. The molecule has 2 unspecified atom stereocenters. The van der Waals surface area contributed by atoms with E-state index in [0.717, 1.165) is 5.56 Å². The van der Waals surface area contributed by atoms with Gasteiger partial charge in [0.05, 0.1) is 6.10 Å². The van der Waals surface area contributed by atoms with Crippen LogP contribution < -0.4 is 10.5 Å². The minimum absolute atomic E-state index is 0.495. The summed E-state index contributed by atoms with van der Waals surface area (Å²) >= 11 is 0. The first kappa shape index (κ1) is 13.5. The lowest BCUT2D eigenvalue weighted by Gasteiger charge is -2.18. The standard InChI is InChI=1S/C13H19NO3/c1-4-11(13(14)16)17-12-7-8(2)5-6-10(12)9(3)15/h5-7,9,11,15H,4H2,1-3H3,(H2,14,16). The Morgan fingerprint density at radius 3 is 2.65 bits per heavy atom. The summed E-state index contributed by atoms with van der Waals surface area (Å²) < 4.78 is 5.56. The topological polar surface area (TPSA) is 72.6 Å². The molecule has 0 heterocycles. The number of hydrogen-bond donors (Lipinski definition) is 2. The van der Waals surface area contributed by atoms with Crippen LogP contribution in [0.4, 0.5) is 0 Å². The number of nitrogens with two attached hydrogens (primary N) is 1. The highest BCUT2D eigenvalue weighted by molar-refractivity contribution is 5.79. The van der Waals surface area contributed by atoms with Crippen LogP contribution in [0.15, 0.2) is 18.2 Å². The number of hydrogen-bond acceptors (Lipinski definition) is 3. The van der Waals surface area contributed by atoms with E-state index < -0.39 is 18.1 Å². The molecule has 0 saturated carbocycles. The molecule has 3 N–H and O–H groups in total. The van der Waals surface area contributed by atoms with Gasteiger partial charge in [-0.15, -0.1) is 0 Å². The molecule has 0 spiro atoms. The molecule has 94 valence electrons. The third-order valence-corrected chi connectivity index (χ3v) is 2.58. The van der Waals surface area contributed by atoms with E-state index in [9.17, 15) is 9.90 Å². The maximum Gasteiger partial charge on any atom is 0.258 e. The van der Waals surface area contributed by atoms with Gasteiger partial charge in [-0.25, -0.2) is 0 Å². The van der Waals surface area contributed by atoms with E-state index in [1.54, 1.807) is 19.1 Å². The number of benzene rings is 1. The second-order valence-electron chi connectivity index (χ2n) is 4.13. The molecule has 0 aliphatic heterocycles. The quantitative estimate of drug-likeness (QED) is 0.818. The van der Waals surface area contributed by atoms with Crippen molar-refractivity contribution in [2.24, 2.45) is 5.73 Å². The Bertz CT molecular complexity index is 402. The maximum absolute atomic E-state index is 11.1. The summed E-state index contributed by atoms with van der Waals surface area (Å²) in [5, 5.41) is 9.62. The zero-order chi connectivity index (χ0) is 13.0. The lowest BCUT2D eigenvalue weighted by Crippen LogP contribution is -2.33. The zero-order valence-electron chi connectivity index (χ0n) is 10.4. The summed E-state index contributed by atoms with van der Waals surface area (Å²) in [7, 11) is 0. The molecule has 4 heteroatoms. The molecule has 1 rings (SSSR count). The van der Waals surface area contributed by atoms with E-state index in [0.29, 0.717) is 17.7 Å². The highest BCUT2D eigenvalue weighted by atomic mass is 16.5. The van der Waals surface area contributed by atoms with Crippen LogP contribution in [0.5, 0.6) is 5.75 Å². The third kappa shape index (κ3) is 3.46. The molecule has 0 aliphatic carbocycles. The minimum Gasteiger partial charge on any atom is -0.480 e. The van der Waals surface area contributed by atoms with Crippen LogP contribution in [-0.4, -0.2) is 17.1 Å². The fourth-order valence-electron chi connectivity index (χ4n) is 1.58. The van der Waals surface area contributed by atoms with Crippen LogP contribution in [0.25, 0.3) is 0 Å². The lowest BCUT2D eigenvalue weighted by atomic mass is 10.1. The van der Waals surface area contributed by atoms with Gasteiger partial charge < -0.3 is 15.6 Å². The fourth-order valence-corrected chi connectivity index (χ4v) is 1.58. The van der Waals surface area contributed by atoms with Gasteiger partial charge in [0, 0.05) is 5.56 Å². The molecule has 2 atom stereocenters. The molecule has 17 heavy (non-hydrogen) atoms. The van der Waals surface area contributed by atoms with E-state index in [1.165, 1.54) is 0 Å². The molecule has 1 amide bonds. The number of rotatable bonds is 5. The van der Waals surface area contributed by atoms with E-state index in [2.05, 4.69) is 0 Å². The molecule has 0 radical (unpaired) electrons. The van der Waals surface area contributed by atoms with Gasteiger partial charge in [-0.2, -0.15) is 0 Å². The molecule has 4 nitrogen and oxygen atoms in total. The number of primary amides is 1. The molecular formula is C13H19NO3. The van der Waals surface area contributed by atoms with Crippen molar-refractivity contribution in [3.05, 3.63) is 29.3 Å². The maximum atomic E-state index is 11.1. The molecule has 0 fully saturated rings. The van der Waals surface area contributed by atoms with E-state index in [1.807, 2.05) is 19.9 Å². The lowest BCUT2D eigenvalue weighted by molar-refractivity contribution is -0.124. The smallest absolute Gasteiger partial charge is 0.258 e. The Hall–Kier alpha value is -1.55. The van der Waals surface area contributed by atoms with Gasteiger partial charge in [0.15, 0.2) is 6.10 Å². The molecule has 0 saturated heterocycles. The number of aliphatic hydroxyl groups is 1. The van der Waals surface area contributed by atoms with Crippen molar-refractivity contribution in [1.29, 1.82) is 0 Å². The van der Waals surface area contributed by atoms with Crippen molar-refractivity contribution in [1.82, 2.24) is 0 Å². The third-order valence-electron chi connectivity index (χ3n) is 2.58. The van der Waals surface area contributed by atoms with Crippen molar-refractivity contribution >= 4 is 5.91 Å². The Morgan fingerprint density at radius 1 is 1.53 bits per heavy atom. The Balaban J connectivity index is 3.02. The van der Waals surface area contributed by atoms with E-state index in [-0.39, 0.29) is 0 Å². The Labute approximate surface area is 101 Å². The molecular weight excluding hydrogens is 218 g/mol. The van der Waals surface area contributed by atoms with Crippen molar-refractivity contribution in [2.75, 3.05) is 0 Å². The van der Waals surface area contributed by atoms with Crippen molar-refractivity contribution in [3.8, 4) is 5.75 Å². The SMILES string of the molecule is CCC(Oc1cc(C)ccc1C(C)O)C(N)=O. The van der Waals surface area contributed by atoms with Gasteiger partial charge in [-0.05, 0) is 31.9 Å². The van der Waals surface area contributed by atoms with Gasteiger partial charge in [0.1, 0.15) is 5.75 Å². The van der Waals surface area contributed by atoms with Crippen LogP contribution in [0, 0.1) is 6.92 Å². The van der Waals surface area contributed by atoms with Gasteiger partial charge in [-0.1, -0.05) is 19.1 Å². The number of carbonyl (C=O) groups excluding carboxylic acids is 1. The second-order valence-corrected chi connectivity index (χ2v) is 4.13. The average molecular weight is 237 g/mol. The highest BCUT2D eigenvalue weighted by Gasteiger charge is 2.18. The number of aryl methyl sites for hydroxylation is 1. The summed E-state index contributed by atoms with van der Waals surface area (Å²) in [5.74, 6) is 0.0243. The molecule has 0 aromatic heterocycles.